The number of hydrogen-bond donors (Lipinski definition) is 1. The van der Waals surface area contributed by atoms with Crippen LogP contribution in [-0.4, -0.2) is 41.5 Å². The summed E-state index contributed by atoms with van der Waals surface area (Å²) in [5.74, 6) is 2.41. The summed E-state index contributed by atoms with van der Waals surface area (Å²) >= 11 is 0. The Bertz CT molecular complexity index is 803. The molecule has 2 aliphatic rings. The molecule has 2 saturated heterocycles. The second kappa shape index (κ2) is 6.06. The molecule has 7 nitrogen and oxygen atoms in total. The third-order valence-electron chi connectivity index (χ3n) is 5.28. The fraction of sp³-hybridized carbons (Fsp3) is 0.500. The Morgan fingerprint density at radius 2 is 2.12 bits per heavy atom. The number of furan rings is 1. The molecule has 2 fully saturated rings. The van der Waals surface area contributed by atoms with E-state index < -0.39 is 0 Å². The first-order chi connectivity index (χ1) is 12.0. The number of rotatable bonds is 3. The molecule has 2 atom stereocenters. The normalized spacial score (nSPS) is 22.8. The molecule has 2 aromatic rings. The van der Waals surface area contributed by atoms with Gasteiger partial charge in [0.25, 0.3) is 5.91 Å². The molecule has 7 heteroatoms. The highest BCUT2D eigenvalue weighted by atomic mass is 16.5. The van der Waals surface area contributed by atoms with Gasteiger partial charge in [0.2, 0.25) is 5.91 Å². The average Bonchev–Trinajstić information content (AvgIpc) is 3.29. The van der Waals surface area contributed by atoms with E-state index in [2.05, 4.69) is 10.5 Å². The van der Waals surface area contributed by atoms with Crippen molar-refractivity contribution in [2.24, 2.45) is 11.8 Å². The number of fused-ring (bicyclic) bond motifs is 1. The van der Waals surface area contributed by atoms with Gasteiger partial charge in [0.15, 0.2) is 5.76 Å². The van der Waals surface area contributed by atoms with Gasteiger partial charge < -0.3 is 19.2 Å². The van der Waals surface area contributed by atoms with Gasteiger partial charge in [-0.2, -0.15) is 0 Å². The lowest BCUT2D eigenvalue weighted by molar-refractivity contribution is -0.124. The van der Waals surface area contributed by atoms with Crippen LogP contribution < -0.4 is 5.32 Å². The van der Waals surface area contributed by atoms with Gasteiger partial charge >= 0.3 is 0 Å². The zero-order valence-corrected chi connectivity index (χ0v) is 14.4. The number of carbonyl (C=O) groups is 2. The maximum atomic E-state index is 12.7. The molecule has 132 valence electrons. The molecule has 0 aliphatic carbocycles. The molecule has 0 radical (unpaired) electrons. The van der Waals surface area contributed by atoms with Crippen LogP contribution in [-0.2, 0) is 11.2 Å². The quantitative estimate of drug-likeness (QED) is 0.916. The number of nitrogens with zero attached hydrogens (tertiary/aromatic N) is 2. The van der Waals surface area contributed by atoms with Gasteiger partial charge in [-0.1, -0.05) is 5.16 Å². The zero-order valence-electron chi connectivity index (χ0n) is 14.4. The van der Waals surface area contributed by atoms with Crippen molar-refractivity contribution < 1.29 is 18.5 Å². The fourth-order valence-corrected chi connectivity index (χ4v) is 3.79. The van der Waals surface area contributed by atoms with Gasteiger partial charge in [-0.3, -0.25) is 9.59 Å². The van der Waals surface area contributed by atoms with Crippen LogP contribution in [0.3, 0.4) is 0 Å². The van der Waals surface area contributed by atoms with Gasteiger partial charge in [0, 0.05) is 38.0 Å². The summed E-state index contributed by atoms with van der Waals surface area (Å²) in [5.41, 5.74) is 1.83. The lowest BCUT2D eigenvalue weighted by Gasteiger charge is -2.23. The number of likely N-dealkylation sites (tertiary alicyclic amines) is 1. The van der Waals surface area contributed by atoms with E-state index in [0.29, 0.717) is 49.9 Å². The van der Waals surface area contributed by atoms with E-state index in [-0.39, 0.29) is 17.7 Å². The highest BCUT2D eigenvalue weighted by Gasteiger charge is 2.39. The van der Waals surface area contributed by atoms with E-state index in [1.807, 2.05) is 19.9 Å². The second-order valence-corrected chi connectivity index (χ2v) is 6.98. The van der Waals surface area contributed by atoms with Crippen LogP contribution in [0.4, 0.5) is 0 Å². The third kappa shape index (κ3) is 2.94. The summed E-state index contributed by atoms with van der Waals surface area (Å²) in [6.07, 6.45) is 1.06. The van der Waals surface area contributed by atoms with Crippen molar-refractivity contribution in [2.45, 2.75) is 26.7 Å². The summed E-state index contributed by atoms with van der Waals surface area (Å²) < 4.78 is 10.9. The van der Waals surface area contributed by atoms with Crippen molar-refractivity contribution in [3.63, 3.8) is 0 Å². The Labute approximate surface area is 145 Å². The lowest BCUT2D eigenvalue weighted by atomic mass is 9.89. The topological polar surface area (TPSA) is 88.6 Å². The van der Waals surface area contributed by atoms with Crippen LogP contribution in [0, 0.1) is 25.7 Å². The smallest absolute Gasteiger partial charge is 0.289 e. The Morgan fingerprint density at radius 1 is 1.32 bits per heavy atom. The molecule has 2 amide bonds. The molecule has 1 N–H and O–H groups in total. The van der Waals surface area contributed by atoms with Crippen LogP contribution in [0.5, 0.6) is 0 Å². The van der Waals surface area contributed by atoms with Crippen molar-refractivity contribution in [1.82, 2.24) is 15.4 Å². The first kappa shape index (κ1) is 15.9. The van der Waals surface area contributed by atoms with E-state index >= 15 is 0 Å². The predicted octanol–water partition coefficient (Wildman–Crippen LogP) is 1.68. The molecular formula is C18H21N3O4. The summed E-state index contributed by atoms with van der Waals surface area (Å²) in [7, 11) is 0. The summed E-state index contributed by atoms with van der Waals surface area (Å²) in [4.78, 5) is 26.0. The second-order valence-electron chi connectivity index (χ2n) is 6.98. The minimum absolute atomic E-state index is 0.0790. The monoisotopic (exact) mass is 343 g/mol. The first-order valence-electron chi connectivity index (χ1n) is 8.57. The number of aryl methyl sites for hydroxylation is 2. The van der Waals surface area contributed by atoms with Gasteiger partial charge in [0.05, 0.1) is 5.69 Å². The Kier molecular flexibility index (Phi) is 3.86. The molecule has 0 spiro atoms. The summed E-state index contributed by atoms with van der Waals surface area (Å²) in [6, 6.07) is 3.55. The number of aromatic nitrogens is 1. The average molecular weight is 343 g/mol. The molecule has 0 bridgehead atoms. The number of piperidine rings is 1. The number of nitrogens with one attached hydrogen (secondary N) is 1. The SMILES string of the molecule is Cc1noc(C)c1Cc1ccc(C(=O)N2C[C@H]3CNC(=O)C[C@H]3C2)o1. The zero-order chi connectivity index (χ0) is 17.6. The molecule has 2 aliphatic heterocycles. The van der Waals surface area contributed by atoms with Crippen LogP contribution >= 0.6 is 0 Å². The van der Waals surface area contributed by atoms with Gasteiger partial charge in [-0.15, -0.1) is 0 Å². The molecule has 2 aromatic heterocycles. The van der Waals surface area contributed by atoms with Crippen molar-refractivity contribution in [1.29, 1.82) is 0 Å². The van der Waals surface area contributed by atoms with Gasteiger partial charge in [-0.05, 0) is 37.8 Å². The van der Waals surface area contributed by atoms with Crippen LogP contribution in [0.25, 0.3) is 0 Å². The Morgan fingerprint density at radius 3 is 2.88 bits per heavy atom. The van der Waals surface area contributed by atoms with Crippen molar-refractivity contribution in [3.8, 4) is 0 Å². The molecular weight excluding hydrogens is 322 g/mol. The molecule has 0 aromatic carbocycles. The van der Waals surface area contributed by atoms with E-state index in [4.69, 9.17) is 8.94 Å². The van der Waals surface area contributed by atoms with Crippen molar-refractivity contribution in [2.75, 3.05) is 19.6 Å². The fourth-order valence-electron chi connectivity index (χ4n) is 3.79. The highest BCUT2D eigenvalue weighted by molar-refractivity contribution is 5.92. The minimum Gasteiger partial charge on any atom is -0.456 e. The standard InChI is InChI=1S/C18H21N3O4/c1-10-15(11(2)25-20-10)6-14-3-4-16(24-14)18(23)21-8-12-5-17(22)19-7-13(12)9-21/h3-4,12-13H,5-9H2,1-2H3,(H,19,22)/t12-,13+/m0/s1. The predicted molar refractivity (Wildman–Crippen MR) is 88.0 cm³/mol. The van der Waals surface area contributed by atoms with E-state index in [0.717, 1.165) is 17.0 Å². The van der Waals surface area contributed by atoms with Gasteiger partial charge in [-0.25, -0.2) is 0 Å². The molecule has 25 heavy (non-hydrogen) atoms. The van der Waals surface area contributed by atoms with Crippen molar-refractivity contribution >= 4 is 11.8 Å². The van der Waals surface area contributed by atoms with Crippen LogP contribution in [0.1, 0.15) is 39.8 Å². The minimum atomic E-state index is -0.105. The van der Waals surface area contributed by atoms with E-state index in [9.17, 15) is 9.59 Å². The maximum absolute atomic E-state index is 12.7. The van der Waals surface area contributed by atoms with E-state index in [1.165, 1.54) is 0 Å². The van der Waals surface area contributed by atoms with Crippen molar-refractivity contribution in [3.05, 3.63) is 40.7 Å². The largest absolute Gasteiger partial charge is 0.456 e. The number of hydrogen-bond acceptors (Lipinski definition) is 5. The summed E-state index contributed by atoms with van der Waals surface area (Å²) in [5, 5.41) is 6.82. The Balaban J connectivity index is 1.45. The summed E-state index contributed by atoms with van der Waals surface area (Å²) in [6.45, 7) is 5.71. The van der Waals surface area contributed by atoms with Crippen LogP contribution in [0.15, 0.2) is 21.1 Å². The maximum Gasteiger partial charge on any atom is 0.289 e. The molecule has 4 heterocycles. The highest BCUT2D eigenvalue weighted by Crippen LogP contribution is 2.30. The Hall–Kier alpha value is -2.57. The number of carbonyl (C=O) groups excluding carboxylic acids is 2. The third-order valence-corrected chi connectivity index (χ3v) is 5.28. The van der Waals surface area contributed by atoms with E-state index in [1.54, 1.807) is 11.0 Å². The van der Waals surface area contributed by atoms with Crippen LogP contribution in [0.2, 0.25) is 0 Å². The molecule has 0 unspecified atom stereocenters. The lowest BCUT2D eigenvalue weighted by Crippen LogP contribution is -2.40. The molecule has 4 rings (SSSR count). The number of amides is 2. The first-order valence-corrected chi connectivity index (χ1v) is 8.57. The van der Waals surface area contributed by atoms with Gasteiger partial charge in [0.1, 0.15) is 11.5 Å². The molecule has 0 saturated carbocycles.